The molecule has 1 fully saturated rings. The molecule has 31 nitrogen and oxygen atoms in total. The van der Waals surface area contributed by atoms with Gasteiger partial charge in [-0.3, -0.25) is 62.3 Å². The summed E-state index contributed by atoms with van der Waals surface area (Å²) in [5.41, 5.74) is 12.1. The smallest absolute Gasteiger partial charge is 0.334 e. The van der Waals surface area contributed by atoms with E-state index in [1.54, 1.807) is 13.8 Å². The number of fused-ring (bicyclic) bond motifs is 23. The number of primary amides is 1. The number of carbonyl (C=O) groups excluding carboxylic acids is 12. The fraction of sp³-hybridized carbons (Fsp3) is 0.639. The number of nitrogens with two attached hydrogens (primary N) is 2. The number of aliphatic carboxylic acids is 2. The molecule has 2 aromatic carbocycles. The standard InChI is InChI=1S/C72H110N12O19/c1-6-8-9-10-11-12-13-14-15-16-17-18-19-24-58(88)76-51(34-37-59(89)90)65(95)77-50(22-20-39-73)64(94)80-55-42-47-27-31-49(32-28-47)103-72(102)61(43(3)7-2)82-67(97)54(41-46-25-29-48(86)30-26-46)81-66(96)52(33-36-57(74)87)78-69(99)56-23-21-40-84(56)71(101)44(4)75-63(93)53(35-38-60(91)92)79-70(100)62(45(5)85)83-68(55)98/h25-32,43-45,50-56,61-62,85-86H,6-24,33-42,73H2,1-5H3,(H2,74,87)(H,75,93)(H,76,88)(H,77,95)(H,78,99)(H,79,100)(H,80,94)(H,81,96)(H,82,97)(H,83,98)(H,89,90)(H,91,92)/t43-,44+,45+,50-,51-,52-,53-,54-,55-,56-,61-,62-/m0/s1. The summed E-state index contributed by atoms with van der Waals surface area (Å²) >= 11 is 0. The molecule has 12 atom stereocenters. The number of phenolic OH excluding ortho intramolecular Hbond substituents is 1. The van der Waals surface area contributed by atoms with Crippen LogP contribution in [-0.4, -0.2) is 188 Å². The van der Waals surface area contributed by atoms with E-state index in [4.69, 9.17) is 16.2 Å². The highest BCUT2D eigenvalue weighted by molar-refractivity contribution is 5.99. The van der Waals surface area contributed by atoms with Gasteiger partial charge in [0.1, 0.15) is 71.9 Å². The molecule has 3 aliphatic heterocycles. The maximum absolute atomic E-state index is 14.8. The van der Waals surface area contributed by atoms with Crippen LogP contribution in [0.2, 0.25) is 0 Å². The van der Waals surface area contributed by atoms with Crippen molar-refractivity contribution in [3.05, 3.63) is 59.7 Å². The number of hydrogen-bond donors (Lipinski definition) is 15. The number of benzene rings is 2. The van der Waals surface area contributed by atoms with Gasteiger partial charge in [0.15, 0.2) is 0 Å². The minimum absolute atomic E-state index is 0.00766. The van der Waals surface area contributed by atoms with Gasteiger partial charge in [0.2, 0.25) is 65.0 Å². The minimum atomic E-state index is -1.96. The highest BCUT2D eigenvalue weighted by Gasteiger charge is 2.41. The summed E-state index contributed by atoms with van der Waals surface area (Å²) in [5, 5.41) is 63.5. The van der Waals surface area contributed by atoms with E-state index in [9.17, 15) is 87.5 Å². The normalized spacial score (nSPS) is 21.7. The third-order valence-corrected chi connectivity index (χ3v) is 18.3. The minimum Gasteiger partial charge on any atom is -0.508 e. The third-order valence-electron chi connectivity index (χ3n) is 18.3. The first-order valence-corrected chi connectivity index (χ1v) is 36.3. The molecule has 0 aromatic heterocycles. The molecule has 2 aromatic rings. The van der Waals surface area contributed by atoms with E-state index in [1.807, 2.05) is 0 Å². The van der Waals surface area contributed by atoms with Crippen LogP contribution < -0.4 is 64.1 Å². The second-order valence-corrected chi connectivity index (χ2v) is 26.9. The Bertz CT molecular complexity index is 3150. The van der Waals surface area contributed by atoms with Gasteiger partial charge in [0, 0.05) is 45.1 Å². The lowest BCUT2D eigenvalue weighted by atomic mass is 9.97. The lowest BCUT2D eigenvalue weighted by molar-refractivity contribution is -0.143. The van der Waals surface area contributed by atoms with Crippen LogP contribution in [-0.2, 0) is 80.0 Å². The zero-order chi connectivity index (χ0) is 76.1. The molecule has 2 bridgehead atoms. The summed E-state index contributed by atoms with van der Waals surface area (Å²) in [5.74, 6) is -14.8. The predicted molar refractivity (Wildman–Crippen MR) is 377 cm³/mol. The average molecular weight is 1450 g/mol. The quantitative estimate of drug-likeness (QED) is 0.0201. The highest BCUT2D eigenvalue weighted by atomic mass is 16.5. The summed E-state index contributed by atoms with van der Waals surface area (Å²) in [6.07, 6.45) is 9.10. The molecular formula is C72H110N12O19. The number of phenols is 1. The maximum atomic E-state index is 14.8. The second-order valence-electron chi connectivity index (χ2n) is 26.9. The van der Waals surface area contributed by atoms with Gasteiger partial charge in [0.05, 0.1) is 6.10 Å². The number of aromatic hydroxyl groups is 1. The second kappa shape index (κ2) is 45.7. The monoisotopic (exact) mass is 1450 g/mol. The number of unbranched alkanes of at least 4 members (excludes halogenated alkanes) is 12. The molecule has 0 unspecified atom stereocenters. The molecular weight excluding hydrogens is 1340 g/mol. The number of amides is 11. The van der Waals surface area contributed by atoms with Crippen molar-refractivity contribution in [2.24, 2.45) is 17.4 Å². The number of carbonyl (C=O) groups is 14. The van der Waals surface area contributed by atoms with Crippen molar-refractivity contribution in [2.45, 2.75) is 275 Å². The molecule has 3 aliphatic rings. The average Bonchev–Trinajstić information content (AvgIpc) is 1.79. The summed E-state index contributed by atoms with van der Waals surface area (Å²) in [4.78, 5) is 194. The van der Waals surface area contributed by atoms with Gasteiger partial charge < -0.3 is 89.4 Å². The molecule has 103 heavy (non-hydrogen) atoms. The van der Waals surface area contributed by atoms with E-state index in [1.165, 1.54) is 100 Å². The molecule has 3 heterocycles. The zero-order valence-electron chi connectivity index (χ0n) is 60.1. The Morgan fingerprint density at radius 2 is 1.15 bits per heavy atom. The van der Waals surface area contributed by atoms with Crippen molar-refractivity contribution in [3.8, 4) is 11.5 Å². The molecule has 11 amide bonds. The van der Waals surface area contributed by atoms with Crippen LogP contribution in [0, 0.1) is 5.92 Å². The first-order chi connectivity index (χ1) is 49.0. The van der Waals surface area contributed by atoms with Crippen molar-refractivity contribution in [1.29, 1.82) is 0 Å². The van der Waals surface area contributed by atoms with Gasteiger partial charge in [-0.2, -0.15) is 0 Å². The van der Waals surface area contributed by atoms with Crippen LogP contribution in [0.1, 0.15) is 206 Å². The van der Waals surface area contributed by atoms with E-state index in [0.29, 0.717) is 18.4 Å². The van der Waals surface area contributed by atoms with Crippen LogP contribution in [0.3, 0.4) is 0 Å². The lowest BCUT2D eigenvalue weighted by Crippen LogP contribution is -2.62. The summed E-state index contributed by atoms with van der Waals surface area (Å²) in [6, 6.07) is -4.50. The zero-order valence-corrected chi connectivity index (χ0v) is 60.1. The van der Waals surface area contributed by atoms with E-state index in [-0.39, 0.29) is 81.5 Å². The largest absolute Gasteiger partial charge is 0.508 e. The Morgan fingerprint density at radius 3 is 1.72 bits per heavy atom. The number of carboxylic acid groups (broad SMARTS) is 2. The number of nitrogens with one attached hydrogen (secondary N) is 9. The number of aliphatic hydroxyl groups excluding tert-OH is 1. The fourth-order valence-corrected chi connectivity index (χ4v) is 12.0. The van der Waals surface area contributed by atoms with E-state index in [0.717, 1.165) is 43.9 Å². The van der Waals surface area contributed by atoms with Gasteiger partial charge >= 0.3 is 17.9 Å². The molecule has 5 rings (SSSR count). The van der Waals surface area contributed by atoms with E-state index in [2.05, 4.69) is 54.8 Å². The summed E-state index contributed by atoms with van der Waals surface area (Å²) in [6.45, 7) is 7.92. The van der Waals surface area contributed by atoms with Crippen LogP contribution in [0.4, 0.5) is 0 Å². The van der Waals surface area contributed by atoms with Crippen molar-refractivity contribution in [2.75, 3.05) is 13.1 Å². The Balaban J connectivity index is 1.74. The Labute approximate surface area is 601 Å². The summed E-state index contributed by atoms with van der Waals surface area (Å²) in [7, 11) is 0. The number of ether oxygens (including phenoxy) is 1. The van der Waals surface area contributed by atoms with Crippen molar-refractivity contribution in [1.82, 2.24) is 52.8 Å². The van der Waals surface area contributed by atoms with Crippen LogP contribution >= 0.6 is 0 Å². The number of aliphatic hydroxyl groups is 1. The highest BCUT2D eigenvalue weighted by Crippen LogP contribution is 2.23. The van der Waals surface area contributed by atoms with Gasteiger partial charge in [0.25, 0.3) is 0 Å². The molecule has 0 spiro atoms. The Kier molecular flexibility index (Phi) is 38.2. The van der Waals surface area contributed by atoms with Crippen LogP contribution in [0.15, 0.2) is 48.5 Å². The van der Waals surface area contributed by atoms with Crippen molar-refractivity contribution >= 4 is 82.9 Å². The molecule has 17 N–H and O–H groups in total. The SMILES string of the molecule is CCCCCCCCCCCCCCCC(=O)N[C@@H](CCC(=O)O)C(=O)N[C@@H](CCCN)C(=O)N[C@H]1Cc2ccc(cc2)OC(=O)[C@H]([C@@H](C)CC)NC(=O)[C@H](Cc2ccc(O)cc2)NC(=O)[C@H](CCC(N)=O)NC(=O)[C@@H]2CCCN2C(=O)[C@@H](C)NC(=O)[C@H](CCC(=O)O)NC(=O)[C@H]([C@@H](C)O)NC1=O. The van der Waals surface area contributed by atoms with Crippen molar-refractivity contribution < 1.29 is 92.3 Å². The van der Waals surface area contributed by atoms with Crippen molar-refractivity contribution in [3.63, 3.8) is 0 Å². The maximum Gasteiger partial charge on any atom is 0.334 e. The van der Waals surface area contributed by atoms with Gasteiger partial charge in [-0.25, -0.2) is 4.79 Å². The number of rotatable bonds is 36. The van der Waals surface area contributed by atoms with E-state index >= 15 is 0 Å². The number of esters is 1. The number of nitrogens with zero attached hydrogens (tertiary/aromatic N) is 1. The topological polar surface area (TPSA) is 493 Å². The van der Waals surface area contributed by atoms with Gasteiger partial charge in [-0.1, -0.05) is 129 Å². The molecule has 0 radical (unpaired) electrons. The van der Waals surface area contributed by atoms with E-state index < -0.39 is 187 Å². The molecule has 31 heteroatoms. The lowest BCUT2D eigenvalue weighted by Gasteiger charge is -2.30. The molecule has 0 saturated carbocycles. The molecule has 572 valence electrons. The number of carboxylic acids is 2. The Hall–Kier alpha value is -9.26. The molecule has 0 aliphatic carbocycles. The fourth-order valence-electron chi connectivity index (χ4n) is 12.0. The molecule has 1 saturated heterocycles. The first-order valence-electron chi connectivity index (χ1n) is 36.3. The van der Waals surface area contributed by atoms with Gasteiger partial charge in [-0.05, 0) is 113 Å². The van der Waals surface area contributed by atoms with Crippen LogP contribution in [0.25, 0.3) is 0 Å². The third kappa shape index (κ3) is 31.1. The van der Waals surface area contributed by atoms with Crippen LogP contribution in [0.5, 0.6) is 11.5 Å². The van der Waals surface area contributed by atoms with Gasteiger partial charge in [-0.15, -0.1) is 0 Å². The first kappa shape index (κ1) is 86.1. The Morgan fingerprint density at radius 1 is 0.602 bits per heavy atom. The predicted octanol–water partition coefficient (Wildman–Crippen LogP) is 2.11. The summed E-state index contributed by atoms with van der Waals surface area (Å²) < 4.78 is 5.83. The number of hydrogen-bond acceptors (Lipinski definition) is 18.